The van der Waals surface area contributed by atoms with Crippen molar-refractivity contribution in [3.63, 3.8) is 0 Å². The lowest BCUT2D eigenvalue weighted by atomic mass is 9.85. The Morgan fingerprint density at radius 3 is 2.27 bits per heavy atom. The Bertz CT molecular complexity index is 918. The molecule has 2 aliphatic rings. The maximum absolute atomic E-state index is 13.6. The molecule has 2 fully saturated rings. The lowest BCUT2D eigenvalue weighted by Crippen LogP contribution is -2.54. The SMILES string of the molecule is CC(=O)N1CCN(C(=O)[C@H]2CCC(=O)N(c3ccc(C)cc3)[C@@H]2c2cccs2)CC1. The predicted molar refractivity (Wildman–Crippen MR) is 117 cm³/mol. The van der Waals surface area contributed by atoms with E-state index < -0.39 is 0 Å². The smallest absolute Gasteiger partial charge is 0.228 e. The van der Waals surface area contributed by atoms with Crippen LogP contribution in [0.25, 0.3) is 0 Å². The van der Waals surface area contributed by atoms with Crippen molar-refractivity contribution in [3.8, 4) is 0 Å². The van der Waals surface area contributed by atoms with E-state index in [1.165, 1.54) is 0 Å². The summed E-state index contributed by atoms with van der Waals surface area (Å²) in [6.45, 7) is 5.81. The van der Waals surface area contributed by atoms with Gasteiger partial charge in [-0.2, -0.15) is 0 Å². The van der Waals surface area contributed by atoms with Crippen molar-refractivity contribution in [2.75, 3.05) is 31.1 Å². The zero-order valence-electron chi connectivity index (χ0n) is 17.4. The van der Waals surface area contributed by atoms with Crippen LogP contribution in [0.2, 0.25) is 0 Å². The van der Waals surface area contributed by atoms with Crippen molar-refractivity contribution in [1.82, 2.24) is 9.80 Å². The molecule has 0 N–H and O–H groups in total. The van der Waals surface area contributed by atoms with Gasteiger partial charge in [-0.25, -0.2) is 0 Å². The summed E-state index contributed by atoms with van der Waals surface area (Å²) in [5, 5.41) is 1.99. The molecule has 3 heterocycles. The molecule has 0 aliphatic carbocycles. The molecular formula is C23H27N3O3S. The topological polar surface area (TPSA) is 60.9 Å². The lowest BCUT2D eigenvalue weighted by molar-refractivity contribution is -0.143. The second kappa shape index (κ2) is 8.60. The molecule has 2 aliphatic heterocycles. The minimum atomic E-state index is -0.299. The Kier molecular flexibility index (Phi) is 5.90. The van der Waals surface area contributed by atoms with Crippen LogP contribution in [-0.4, -0.2) is 53.7 Å². The van der Waals surface area contributed by atoms with Gasteiger partial charge in [-0.1, -0.05) is 23.8 Å². The molecule has 2 aromatic rings. The van der Waals surface area contributed by atoms with Crippen LogP contribution in [0.5, 0.6) is 0 Å². The molecule has 0 spiro atoms. The van der Waals surface area contributed by atoms with Crippen molar-refractivity contribution in [2.24, 2.45) is 5.92 Å². The van der Waals surface area contributed by atoms with Gasteiger partial charge in [0.1, 0.15) is 0 Å². The van der Waals surface area contributed by atoms with Gasteiger partial charge in [-0.05, 0) is 36.9 Å². The van der Waals surface area contributed by atoms with E-state index in [0.717, 1.165) is 16.1 Å². The zero-order chi connectivity index (χ0) is 21.3. The maximum Gasteiger partial charge on any atom is 0.228 e. The predicted octanol–water partition coefficient (Wildman–Crippen LogP) is 3.23. The van der Waals surface area contributed by atoms with Crippen LogP contribution in [0.3, 0.4) is 0 Å². The summed E-state index contributed by atoms with van der Waals surface area (Å²) in [5.41, 5.74) is 1.97. The Morgan fingerprint density at radius 1 is 1.00 bits per heavy atom. The standard InChI is InChI=1S/C23H27N3O3S/c1-16-5-7-18(8-6-16)26-21(28)10-9-19(22(26)20-4-3-15-30-20)23(29)25-13-11-24(12-14-25)17(2)27/h3-8,15,19,22H,9-14H2,1-2H3/t19-,22-/m0/s1. The molecule has 30 heavy (non-hydrogen) atoms. The molecular weight excluding hydrogens is 398 g/mol. The highest BCUT2D eigenvalue weighted by Gasteiger charge is 2.43. The third-order valence-corrected chi connectivity index (χ3v) is 7.04. The number of benzene rings is 1. The highest BCUT2D eigenvalue weighted by molar-refractivity contribution is 7.10. The number of piperazine rings is 1. The minimum Gasteiger partial charge on any atom is -0.339 e. The Balaban J connectivity index is 1.63. The number of piperidine rings is 1. The molecule has 1 aromatic heterocycles. The second-order valence-electron chi connectivity index (χ2n) is 8.04. The number of hydrogen-bond donors (Lipinski definition) is 0. The van der Waals surface area contributed by atoms with Crippen LogP contribution < -0.4 is 4.90 Å². The van der Waals surface area contributed by atoms with Crippen molar-refractivity contribution >= 4 is 34.7 Å². The van der Waals surface area contributed by atoms with Crippen molar-refractivity contribution in [2.45, 2.75) is 32.7 Å². The van der Waals surface area contributed by atoms with Crippen LogP contribution in [0.4, 0.5) is 5.69 Å². The summed E-state index contributed by atoms with van der Waals surface area (Å²) in [6, 6.07) is 11.6. The minimum absolute atomic E-state index is 0.0485. The second-order valence-corrected chi connectivity index (χ2v) is 9.02. The fourth-order valence-electron chi connectivity index (χ4n) is 4.42. The molecule has 4 rings (SSSR count). The van der Waals surface area contributed by atoms with Crippen LogP contribution in [0.1, 0.15) is 36.2 Å². The van der Waals surface area contributed by atoms with Gasteiger partial charge in [0.05, 0.1) is 12.0 Å². The highest BCUT2D eigenvalue weighted by atomic mass is 32.1. The van der Waals surface area contributed by atoms with Gasteiger partial charge >= 0.3 is 0 Å². The van der Waals surface area contributed by atoms with E-state index in [4.69, 9.17) is 0 Å². The molecule has 1 aromatic carbocycles. The highest BCUT2D eigenvalue weighted by Crippen LogP contribution is 2.42. The summed E-state index contributed by atoms with van der Waals surface area (Å²) >= 11 is 1.59. The number of aryl methyl sites for hydroxylation is 1. The van der Waals surface area contributed by atoms with E-state index >= 15 is 0 Å². The molecule has 0 unspecified atom stereocenters. The Hall–Kier alpha value is -2.67. The average Bonchev–Trinajstić information content (AvgIpc) is 3.28. The molecule has 0 saturated carbocycles. The number of thiophene rings is 1. The van der Waals surface area contributed by atoms with E-state index in [1.54, 1.807) is 23.2 Å². The van der Waals surface area contributed by atoms with Crippen LogP contribution in [-0.2, 0) is 14.4 Å². The van der Waals surface area contributed by atoms with E-state index in [0.29, 0.717) is 39.0 Å². The van der Waals surface area contributed by atoms with Gasteiger partial charge in [0.15, 0.2) is 0 Å². The summed E-state index contributed by atoms with van der Waals surface area (Å²) < 4.78 is 0. The fraction of sp³-hybridized carbons (Fsp3) is 0.435. The van der Waals surface area contributed by atoms with Gasteiger partial charge in [0.25, 0.3) is 0 Å². The van der Waals surface area contributed by atoms with Gasteiger partial charge in [-0.3, -0.25) is 14.4 Å². The lowest BCUT2D eigenvalue weighted by Gasteiger charge is -2.43. The Labute approximate surface area is 181 Å². The van der Waals surface area contributed by atoms with Crippen molar-refractivity contribution in [1.29, 1.82) is 0 Å². The first-order valence-electron chi connectivity index (χ1n) is 10.4. The number of carbonyl (C=O) groups excluding carboxylic acids is 3. The number of amides is 3. The van der Waals surface area contributed by atoms with Crippen molar-refractivity contribution < 1.29 is 14.4 Å². The zero-order valence-corrected chi connectivity index (χ0v) is 18.2. The average molecular weight is 426 g/mol. The van der Waals surface area contributed by atoms with Gasteiger partial charge in [-0.15, -0.1) is 11.3 Å². The number of anilines is 1. The van der Waals surface area contributed by atoms with E-state index in [-0.39, 0.29) is 29.7 Å². The molecule has 158 valence electrons. The van der Waals surface area contributed by atoms with Crippen LogP contribution in [0, 0.1) is 12.8 Å². The first-order valence-corrected chi connectivity index (χ1v) is 11.3. The van der Waals surface area contributed by atoms with Crippen LogP contribution in [0.15, 0.2) is 41.8 Å². The molecule has 2 saturated heterocycles. The van der Waals surface area contributed by atoms with Crippen LogP contribution >= 0.6 is 11.3 Å². The largest absolute Gasteiger partial charge is 0.339 e. The third kappa shape index (κ3) is 3.99. The van der Waals surface area contributed by atoms with E-state index in [2.05, 4.69) is 0 Å². The summed E-state index contributed by atoms with van der Waals surface area (Å²) in [5.74, 6) is -0.0946. The van der Waals surface area contributed by atoms with Gasteiger partial charge < -0.3 is 14.7 Å². The molecule has 0 radical (unpaired) electrons. The Morgan fingerprint density at radius 2 is 1.67 bits per heavy atom. The number of hydrogen-bond acceptors (Lipinski definition) is 4. The van der Waals surface area contributed by atoms with Gasteiger partial charge in [0.2, 0.25) is 17.7 Å². The number of rotatable bonds is 3. The maximum atomic E-state index is 13.6. The fourth-order valence-corrected chi connectivity index (χ4v) is 5.30. The third-order valence-electron chi connectivity index (χ3n) is 6.10. The van der Waals surface area contributed by atoms with E-state index in [9.17, 15) is 14.4 Å². The first-order chi connectivity index (χ1) is 14.5. The molecule has 6 nitrogen and oxygen atoms in total. The summed E-state index contributed by atoms with van der Waals surface area (Å²) in [4.78, 5) is 44.7. The molecule has 7 heteroatoms. The molecule has 0 bridgehead atoms. The first kappa shape index (κ1) is 20.6. The van der Waals surface area contributed by atoms with Crippen molar-refractivity contribution in [3.05, 3.63) is 52.2 Å². The van der Waals surface area contributed by atoms with E-state index in [1.807, 2.05) is 58.5 Å². The monoisotopic (exact) mass is 425 g/mol. The number of carbonyl (C=O) groups is 3. The summed E-state index contributed by atoms with van der Waals surface area (Å²) in [7, 11) is 0. The number of nitrogens with zero attached hydrogens (tertiary/aromatic N) is 3. The van der Waals surface area contributed by atoms with Gasteiger partial charge in [0, 0.05) is 50.1 Å². The normalized spacial score (nSPS) is 22.3. The summed E-state index contributed by atoms with van der Waals surface area (Å²) in [6.07, 6.45) is 0.912. The molecule has 2 atom stereocenters. The quantitative estimate of drug-likeness (QED) is 0.759. The molecule has 3 amide bonds.